The first-order valence-corrected chi connectivity index (χ1v) is 6.15. The fraction of sp³-hybridized carbons (Fsp3) is 0.615. The highest BCUT2D eigenvalue weighted by molar-refractivity contribution is 5.51. The minimum atomic E-state index is 0.492. The Morgan fingerprint density at radius 3 is 2.75 bits per heavy atom. The van der Waals surface area contributed by atoms with Crippen molar-refractivity contribution in [2.75, 3.05) is 23.7 Å². The summed E-state index contributed by atoms with van der Waals surface area (Å²) in [4.78, 5) is 6.77. The molecule has 0 aliphatic carbocycles. The van der Waals surface area contributed by atoms with Gasteiger partial charge in [-0.25, -0.2) is 4.98 Å². The van der Waals surface area contributed by atoms with Crippen LogP contribution in [0.4, 0.5) is 11.5 Å². The van der Waals surface area contributed by atoms with Crippen LogP contribution in [-0.2, 0) is 0 Å². The molecule has 0 spiro atoms. The Kier molecular flexibility index (Phi) is 3.03. The maximum Gasteiger partial charge on any atom is 0.130 e. The molecule has 1 saturated heterocycles. The zero-order chi connectivity index (χ0) is 11.6. The number of aromatic nitrogens is 1. The van der Waals surface area contributed by atoms with Gasteiger partial charge in [0.05, 0.1) is 0 Å². The van der Waals surface area contributed by atoms with E-state index in [4.69, 9.17) is 5.73 Å². The number of hydrogen-bond acceptors (Lipinski definition) is 3. The average Bonchev–Trinajstić information content (AvgIpc) is 2.74. The van der Waals surface area contributed by atoms with Crippen LogP contribution in [0.3, 0.4) is 0 Å². The van der Waals surface area contributed by atoms with E-state index in [9.17, 15) is 0 Å². The second-order valence-corrected chi connectivity index (χ2v) is 4.83. The average molecular weight is 219 g/mol. The van der Waals surface area contributed by atoms with Gasteiger partial charge in [-0.15, -0.1) is 0 Å². The second kappa shape index (κ2) is 4.32. The van der Waals surface area contributed by atoms with Gasteiger partial charge >= 0.3 is 0 Å². The normalized spacial score (nSPS) is 19.0. The van der Waals surface area contributed by atoms with E-state index in [1.54, 1.807) is 6.20 Å². The van der Waals surface area contributed by atoms with Crippen molar-refractivity contribution >= 4 is 11.5 Å². The first-order valence-electron chi connectivity index (χ1n) is 6.15. The molecule has 1 fully saturated rings. The van der Waals surface area contributed by atoms with Gasteiger partial charge < -0.3 is 10.6 Å². The topological polar surface area (TPSA) is 42.1 Å². The van der Waals surface area contributed by atoms with Crippen molar-refractivity contribution in [1.29, 1.82) is 0 Å². The molecule has 2 heterocycles. The van der Waals surface area contributed by atoms with Crippen molar-refractivity contribution in [3.8, 4) is 0 Å². The van der Waals surface area contributed by atoms with Gasteiger partial charge in [0.15, 0.2) is 0 Å². The van der Waals surface area contributed by atoms with E-state index in [2.05, 4.69) is 23.7 Å². The zero-order valence-corrected chi connectivity index (χ0v) is 10.2. The largest absolute Gasteiger partial charge is 0.399 e. The van der Waals surface area contributed by atoms with E-state index in [-0.39, 0.29) is 0 Å². The third-order valence-electron chi connectivity index (χ3n) is 4.03. The lowest BCUT2D eigenvalue weighted by Crippen LogP contribution is -2.26. The van der Waals surface area contributed by atoms with Gasteiger partial charge in [-0.2, -0.15) is 0 Å². The molecule has 0 aromatic carbocycles. The number of nitrogens with zero attached hydrogens (tertiary/aromatic N) is 2. The molecule has 0 saturated carbocycles. The van der Waals surface area contributed by atoms with Crippen LogP contribution in [0, 0.1) is 5.41 Å². The molecule has 1 aliphatic heterocycles. The molecular weight excluding hydrogens is 198 g/mol. The molecule has 0 amide bonds. The Hall–Kier alpha value is -1.25. The molecule has 16 heavy (non-hydrogen) atoms. The number of nitrogens with two attached hydrogens (primary N) is 1. The molecule has 2 rings (SSSR count). The first-order chi connectivity index (χ1) is 7.69. The molecule has 1 aromatic rings. The lowest BCUT2D eigenvalue weighted by Gasteiger charge is -2.26. The minimum absolute atomic E-state index is 0.492. The van der Waals surface area contributed by atoms with Gasteiger partial charge in [0, 0.05) is 31.0 Å². The summed E-state index contributed by atoms with van der Waals surface area (Å²) in [6, 6.07) is 3.81. The van der Waals surface area contributed by atoms with Gasteiger partial charge in [-0.1, -0.05) is 13.8 Å². The number of pyridine rings is 1. The maximum absolute atomic E-state index is 5.79. The SMILES string of the molecule is CCC1(CC)CCN(c2cc(N)ccn2)C1. The Balaban J connectivity index is 2.14. The lowest BCUT2D eigenvalue weighted by molar-refractivity contribution is 0.301. The molecule has 0 radical (unpaired) electrons. The van der Waals surface area contributed by atoms with Crippen LogP contribution in [-0.4, -0.2) is 18.1 Å². The highest BCUT2D eigenvalue weighted by Crippen LogP contribution is 2.38. The summed E-state index contributed by atoms with van der Waals surface area (Å²) in [5, 5.41) is 0. The summed E-state index contributed by atoms with van der Waals surface area (Å²) >= 11 is 0. The van der Waals surface area contributed by atoms with Gasteiger partial charge in [-0.05, 0) is 30.7 Å². The third kappa shape index (κ3) is 1.99. The van der Waals surface area contributed by atoms with Gasteiger partial charge in [0.2, 0.25) is 0 Å². The van der Waals surface area contributed by atoms with Crippen LogP contribution in [0.25, 0.3) is 0 Å². The second-order valence-electron chi connectivity index (χ2n) is 4.83. The highest BCUT2D eigenvalue weighted by Gasteiger charge is 2.35. The lowest BCUT2D eigenvalue weighted by atomic mass is 9.82. The van der Waals surface area contributed by atoms with Crippen molar-refractivity contribution in [3.05, 3.63) is 18.3 Å². The summed E-state index contributed by atoms with van der Waals surface area (Å²) < 4.78 is 0. The quantitative estimate of drug-likeness (QED) is 0.850. The molecule has 1 aromatic heterocycles. The molecule has 88 valence electrons. The molecule has 3 heteroatoms. The standard InChI is InChI=1S/C13H21N3/c1-3-13(4-2)6-8-16(10-13)12-9-11(14)5-7-15-12/h5,7,9H,3-4,6,8,10H2,1-2H3,(H2,14,15). The van der Waals surface area contributed by atoms with Crippen molar-refractivity contribution < 1.29 is 0 Å². The molecular formula is C13H21N3. The van der Waals surface area contributed by atoms with Crippen LogP contribution in [0.2, 0.25) is 0 Å². The van der Waals surface area contributed by atoms with E-state index < -0.39 is 0 Å². The monoisotopic (exact) mass is 219 g/mol. The fourth-order valence-corrected chi connectivity index (χ4v) is 2.56. The fourth-order valence-electron chi connectivity index (χ4n) is 2.56. The summed E-state index contributed by atoms with van der Waals surface area (Å²) in [6.07, 6.45) is 5.57. The molecule has 2 N–H and O–H groups in total. The summed E-state index contributed by atoms with van der Waals surface area (Å²) in [7, 11) is 0. The van der Waals surface area contributed by atoms with E-state index in [0.717, 1.165) is 24.6 Å². The van der Waals surface area contributed by atoms with E-state index in [1.807, 2.05) is 12.1 Å². The highest BCUT2D eigenvalue weighted by atomic mass is 15.2. The van der Waals surface area contributed by atoms with Crippen molar-refractivity contribution in [2.24, 2.45) is 5.41 Å². The Morgan fingerprint density at radius 2 is 2.19 bits per heavy atom. The Labute approximate surface area is 97.7 Å². The van der Waals surface area contributed by atoms with Gasteiger partial charge in [0.1, 0.15) is 5.82 Å². The summed E-state index contributed by atoms with van der Waals surface area (Å²) in [6.45, 7) is 6.81. The third-order valence-corrected chi connectivity index (χ3v) is 4.03. The van der Waals surface area contributed by atoms with Crippen LogP contribution in [0.15, 0.2) is 18.3 Å². The van der Waals surface area contributed by atoms with E-state index >= 15 is 0 Å². The van der Waals surface area contributed by atoms with Crippen molar-refractivity contribution in [2.45, 2.75) is 33.1 Å². The minimum Gasteiger partial charge on any atom is -0.399 e. The molecule has 0 unspecified atom stereocenters. The van der Waals surface area contributed by atoms with E-state index in [1.165, 1.54) is 19.3 Å². The van der Waals surface area contributed by atoms with Crippen LogP contribution >= 0.6 is 0 Å². The smallest absolute Gasteiger partial charge is 0.130 e. The Bertz CT molecular complexity index is 358. The first kappa shape index (κ1) is 11.2. The maximum atomic E-state index is 5.79. The van der Waals surface area contributed by atoms with Crippen LogP contribution in [0.5, 0.6) is 0 Å². The number of anilines is 2. The molecule has 0 bridgehead atoms. The summed E-state index contributed by atoms with van der Waals surface area (Å²) in [5.41, 5.74) is 7.09. The van der Waals surface area contributed by atoms with Crippen molar-refractivity contribution in [1.82, 2.24) is 4.98 Å². The van der Waals surface area contributed by atoms with E-state index in [0.29, 0.717) is 5.41 Å². The Morgan fingerprint density at radius 1 is 1.44 bits per heavy atom. The van der Waals surface area contributed by atoms with Crippen LogP contribution < -0.4 is 10.6 Å². The van der Waals surface area contributed by atoms with Crippen molar-refractivity contribution in [3.63, 3.8) is 0 Å². The van der Waals surface area contributed by atoms with Crippen LogP contribution in [0.1, 0.15) is 33.1 Å². The van der Waals surface area contributed by atoms with Gasteiger partial charge in [0.25, 0.3) is 0 Å². The summed E-state index contributed by atoms with van der Waals surface area (Å²) in [5.74, 6) is 1.03. The number of hydrogen-bond donors (Lipinski definition) is 1. The predicted octanol–water partition coefficient (Wildman–Crippen LogP) is 2.68. The number of rotatable bonds is 3. The molecule has 1 aliphatic rings. The predicted molar refractivity (Wildman–Crippen MR) is 68.5 cm³/mol. The zero-order valence-electron chi connectivity index (χ0n) is 10.2. The van der Waals surface area contributed by atoms with Gasteiger partial charge in [-0.3, -0.25) is 0 Å². The molecule has 0 atom stereocenters. The molecule has 3 nitrogen and oxygen atoms in total. The number of nitrogen functional groups attached to an aromatic ring is 1.